The van der Waals surface area contributed by atoms with E-state index in [4.69, 9.17) is 9.47 Å². The summed E-state index contributed by atoms with van der Waals surface area (Å²) in [5.74, 6) is 1.77. The van der Waals surface area contributed by atoms with Crippen LogP contribution < -0.4 is 15.0 Å². The van der Waals surface area contributed by atoms with Gasteiger partial charge in [0, 0.05) is 24.8 Å². The molecule has 26 heavy (non-hydrogen) atoms. The van der Waals surface area contributed by atoms with Crippen LogP contribution in [-0.2, 0) is 0 Å². The molecule has 2 fully saturated rings. The summed E-state index contributed by atoms with van der Waals surface area (Å²) in [5, 5.41) is 0. The summed E-state index contributed by atoms with van der Waals surface area (Å²) < 4.78 is 12.2. The van der Waals surface area contributed by atoms with E-state index in [-0.39, 0.29) is 23.8 Å². The molecule has 0 radical (unpaired) electrons. The van der Waals surface area contributed by atoms with Gasteiger partial charge in [0.15, 0.2) is 11.5 Å². The van der Waals surface area contributed by atoms with E-state index in [0.29, 0.717) is 29.1 Å². The maximum atomic E-state index is 13.1. The zero-order valence-corrected chi connectivity index (χ0v) is 14.6. The SMILES string of the molecule is Cc1ccn(-c2ccc3c(c2)OCO3)c(=O)c1C(=O)N1C[C@@H]2CCC[C@@H]21. The molecular formula is C20H20N2O4. The van der Waals surface area contributed by atoms with Crippen LogP contribution in [0, 0.1) is 12.8 Å². The fourth-order valence-electron chi connectivity index (χ4n) is 4.39. The van der Waals surface area contributed by atoms with Crippen molar-refractivity contribution in [1.82, 2.24) is 9.47 Å². The first-order valence-corrected chi connectivity index (χ1v) is 9.07. The van der Waals surface area contributed by atoms with Crippen molar-refractivity contribution >= 4 is 5.91 Å². The van der Waals surface area contributed by atoms with Crippen molar-refractivity contribution in [1.29, 1.82) is 0 Å². The summed E-state index contributed by atoms with van der Waals surface area (Å²) in [7, 11) is 0. The van der Waals surface area contributed by atoms with Crippen LogP contribution in [0.4, 0.5) is 0 Å². The van der Waals surface area contributed by atoms with Gasteiger partial charge < -0.3 is 14.4 Å². The maximum absolute atomic E-state index is 13.1. The second kappa shape index (κ2) is 5.62. The molecule has 1 aromatic carbocycles. The Morgan fingerprint density at radius 3 is 2.85 bits per heavy atom. The summed E-state index contributed by atoms with van der Waals surface area (Å²) >= 11 is 0. The van der Waals surface area contributed by atoms with Crippen molar-refractivity contribution < 1.29 is 14.3 Å². The van der Waals surface area contributed by atoms with Gasteiger partial charge in [-0.05, 0) is 49.4 Å². The van der Waals surface area contributed by atoms with Gasteiger partial charge in [-0.2, -0.15) is 0 Å². The number of rotatable bonds is 2. The number of ether oxygens (including phenoxy) is 2. The number of amides is 1. The summed E-state index contributed by atoms with van der Waals surface area (Å²) in [6.45, 7) is 2.79. The Morgan fingerprint density at radius 1 is 1.15 bits per heavy atom. The number of benzene rings is 1. The van der Waals surface area contributed by atoms with Crippen molar-refractivity contribution in [3.8, 4) is 17.2 Å². The van der Waals surface area contributed by atoms with Crippen molar-refractivity contribution in [2.45, 2.75) is 32.2 Å². The van der Waals surface area contributed by atoms with Gasteiger partial charge in [0.05, 0.1) is 5.69 Å². The predicted octanol–water partition coefficient (Wildman–Crippen LogP) is 2.50. The number of aryl methyl sites for hydroxylation is 1. The number of aromatic nitrogens is 1. The number of carbonyl (C=O) groups is 1. The van der Waals surface area contributed by atoms with Crippen LogP contribution in [-0.4, -0.2) is 34.8 Å². The highest BCUT2D eigenvalue weighted by atomic mass is 16.7. The summed E-state index contributed by atoms with van der Waals surface area (Å²) in [5.41, 5.74) is 1.37. The fourth-order valence-corrected chi connectivity index (χ4v) is 4.39. The Kier molecular flexibility index (Phi) is 3.35. The number of likely N-dealkylation sites (tertiary alicyclic amines) is 1. The molecule has 1 amide bonds. The Balaban J connectivity index is 1.54. The van der Waals surface area contributed by atoms with E-state index in [2.05, 4.69) is 0 Å². The molecular weight excluding hydrogens is 332 g/mol. The minimum Gasteiger partial charge on any atom is -0.454 e. The molecule has 0 N–H and O–H groups in total. The predicted molar refractivity (Wildman–Crippen MR) is 95.1 cm³/mol. The van der Waals surface area contributed by atoms with E-state index in [9.17, 15) is 9.59 Å². The fraction of sp³-hybridized carbons (Fsp3) is 0.400. The van der Waals surface area contributed by atoms with Gasteiger partial charge >= 0.3 is 0 Å². The lowest BCUT2D eigenvalue weighted by molar-refractivity contribution is 0.0266. The van der Waals surface area contributed by atoms with Gasteiger partial charge in [-0.25, -0.2) is 0 Å². The molecule has 134 valence electrons. The highest BCUT2D eigenvalue weighted by Crippen LogP contribution is 2.39. The van der Waals surface area contributed by atoms with Crippen LogP contribution in [0.5, 0.6) is 11.5 Å². The Bertz CT molecular complexity index is 965. The highest BCUT2D eigenvalue weighted by molar-refractivity contribution is 5.96. The standard InChI is InChI=1S/C20H20N2O4/c1-12-7-8-21(14-5-6-16-17(9-14)26-11-25-16)19(23)18(12)20(24)22-10-13-3-2-4-15(13)22/h5-9,13,15H,2-4,10-11H2,1H3/t13-,15-/m0/s1. The highest BCUT2D eigenvalue weighted by Gasteiger charge is 2.45. The largest absolute Gasteiger partial charge is 0.454 e. The molecule has 1 saturated heterocycles. The molecule has 6 heteroatoms. The maximum Gasteiger partial charge on any atom is 0.268 e. The first kappa shape index (κ1) is 15.5. The van der Waals surface area contributed by atoms with Crippen LogP contribution in [0.1, 0.15) is 35.2 Å². The van der Waals surface area contributed by atoms with Crippen LogP contribution in [0.25, 0.3) is 5.69 Å². The molecule has 6 nitrogen and oxygen atoms in total. The molecule has 3 aliphatic rings. The van der Waals surface area contributed by atoms with Gasteiger partial charge in [-0.3, -0.25) is 14.2 Å². The van der Waals surface area contributed by atoms with E-state index in [1.54, 1.807) is 24.4 Å². The van der Waals surface area contributed by atoms with Crippen molar-refractivity contribution in [2.75, 3.05) is 13.3 Å². The summed E-state index contributed by atoms with van der Waals surface area (Å²) in [6.07, 6.45) is 5.14. The molecule has 0 unspecified atom stereocenters. The lowest BCUT2D eigenvalue weighted by atomic mass is 9.90. The molecule has 1 aromatic heterocycles. The third-order valence-electron chi connectivity index (χ3n) is 5.86. The Hall–Kier alpha value is -2.76. The second-order valence-electron chi connectivity index (χ2n) is 7.30. The smallest absolute Gasteiger partial charge is 0.268 e. The minimum absolute atomic E-state index is 0.134. The molecule has 2 aromatic rings. The number of hydrogen-bond donors (Lipinski definition) is 0. The number of fused-ring (bicyclic) bond motifs is 2. The first-order valence-electron chi connectivity index (χ1n) is 9.07. The number of hydrogen-bond acceptors (Lipinski definition) is 4. The van der Waals surface area contributed by atoms with Gasteiger partial charge in [0.25, 0.3) is 11.5 Å². The minimum atomic E-state index is -0.282. The Morgan fingerprint density at radius 2 is 2.00 bits per heavy atom. The molecule has 0 bridgehead atoms. The van der Waals surface area contributed by atoms with Crippen molar-refractivity contribution in [2.24, 2.45) is 5.92 Å². The van der Waals surface area contributed by atoms with E-state index in [0.717, 1.165) is 18.5 Å². The molecule has 2 atom stereocenters. The first-order chi connectivity index (χ1) is 12.6. The van der Waals surface area contributed by atoms with Crippen LogP contribution >= 0.6 is 0 Å². The number of pyridine rings is 1. The lowest BCUT2D eigenvalue weighted by Gasteiger charge is -2.44. The van der Waals surface area contributed by atoms with Crippen molar-refractivity contribution in [3.05, 3.63) is 51.9 Å². The molecule has 1 aliphatic carbocycles. The average molecular weight is 352 g/mol. The van der Waals surface area contributed by atoms with E-state index in [1.807, 2.05) is 17.9 Å². The summed E-state index contributed by atoms with van der Waals surface area (Å²) in [6, 6.07) is 7.49. The second-order valence-corrected chi connectivity index (χ2v) is 7.30. The van der Waals surface area contributed by atoms with E-state index >= 15 is 0 Å². The van der Waals surface area contributed by atoms with Crippen molar-refractivity contribution in [3.63, 3.8) is 0 Å². The Labute approximate surface area is 150 Å². The molecule has 0 spiro atoms. The third-order valence-corrected chi connectivity index (χ3v) is 5.86. The zero-order chi connectivity index (χ0) is 17.8. The van der Waals surface area contributed by atoms with E-state index < -0.39 is 0 Å². The van der Waals surface area contributed by atoms with Crippen LogP contribution in [0.2, 0.25) is 0 Å². The quantitative estimate of drug-likeness (QED) is 0.833. The third kappa shape index (κ3) is 2.18. The lowest BCUT2D eigenvalue weighted by Crippen LogP contribution is -2.57. The number of carbonyl (C=O) groups excluding carboxylic acids is 1. The average Bonchev–Trinajstić information content (AvgIpc) is 3.21. The monoisotopic (exact) mass is 352 g/mol. The van der Waals surface area contributed by atoms with Gasteiger partial charge in [-0.15, -0.1) is 0 Å². The molecule has 2 aliphatic heterocycles. The normalized spacial score (nSPS) is 22.9. The molecule has 1 saturated carbocycles. The molecule has 3 heterocycles. The van der Waals surface area contributed by atoms with Gasteiger partial charge in [0.2, 0.25) is 6.79 Å². The van der Waals surface area contributed by atoms with Gasteiger partial charge in [-0.1, -0.05) is 6.42 Å². The summed E-state index contributed by atoms with van der Waals surface area (Å²) in [4.78, 5) is 28.0. The number of nitrogens with zero attached hydrogens (tertiary/aromatic N) is 2. The van der Waals surface area contributed by atoms with Gasteiger partial charge in [0.1, 0.15) is 5.56 Å². The van der Waals surface area contributed by atoms with Crippen LogP contribution in [0.15, 0.2) is 35.3 Å². The van der Waals surface area contributed by atoms with E-state index in [1.165, 1.54) is 17.4 Å². The molecule has 5 rings (SSSR count). The zero-order valence-electron chi connectivity index (χ0n) is 14.6. The van der Waals surface area contributed by atoms with Crippen LogP contribution in [0.3, 0.4) is 0 Å². The topological polar surface area (TPSA) is 60.8 Å².